The fourth-order valence-corrected chi connectivity index (χ4v) is 2.35. The van der Waals surface area contributed by atoms with Gasteiger partial charge < -0.3 is 0 Å². The topological polar surface area (TPSA) is 30.7 Å². The molecule has 0 unspecified atom stereocenters. The van der Waals surface area contributed by atoms with E-state index in [1.54, 1.807) is 18.5 Å². The second kappa shape index (κ2) is 5.83. The predicted molar refractivity (Wildman–Crippen MR) is 82.3 cm³/mol. The van der Waals surface area contributed by atoms with Crippen LogP contribution in [-0.2, 0) is 6.54 Å². The number of benzene rings is 1. The summed E-state index contributed by atoms with van der Waals surface area (Å²) >= 11 is 0. The van der Waals surface area contributed by atoms with Crippen molar-refractivity contribution in [1.82, 2.24) is 14.8 Å². The van der Waals surface area contributed by atoms with E-state index in [4.69, 9.17) is 0 Å². The van der Waals surface area contributed by atoms with Gasteiger partial charge in [-0.05, 0) is 36.1 Å². The second-order valence-corrected chi connectivity index (χ2v) is 5.81. The Morgan fingerprint density at radius 3 is 2.59 bits per heavy atom. The first-order valence-electron chi connectivity index (χ1n) is 7.31. The van der Waals surface area contributed by atoms with Gasteiger partial charge in [0.05, 0.1) is 11.7 Å². The number of rotatable bonds is 4. The molecule has 5 heteroatoms. The van der Waals surface area contributed by atoms with Crippen molar-refractivity contribution in [3.05, 3.63) is 48.3 Å². The minimum absolute atomic E-state index is 0.585. The molecule has 0 saturated heterocycles. The molecule has 114 valence electrons. The smallest absolute Gasteiger partial charge is 0.159 e. The summed E-state index contributed by atoms with van der Waals surface area (Å²) in [6.07, 6.45) is 4.40. The number of pyridine rings is 1. The zero-order valence-electron chi connectivity index (χ0n) is 12.6. The van der Waals surface area contributed by atoms with Gasteiger partial charge in [-0.2, -0.15) is 5.10 Å². The Bertz CT molecular complexity index is 809. The molecule has 0 aliphatic carbocycles. The molecule has 0 bridgehead atoms. The molecule has 0 spiro atoms. The number of aryl methyl sites for hydroxylation is 1. The maximum Gasteiger partial charge on any atom is 0.159 e. The van der Waals surface area contributed by atoms with Crippen molar-refractivity contribution in [2.45, 2.75) is 26.8 Å². The molecule has 0 radical (unpaired) electrons. The van der Waals surface area contributed by atoms with Crippen molar-refractivity contribution in [2.75, 3.05) is 0 Å². The van der Waals surface area contributed by atoms with Crippen LogP contribution in [-0.4, -0.2) is 14.8 Å². The highest BCUT2D eigenvalue weighted by Crippen LogP contribution is 2.24. The Labute approximate surface area is 127 Å². The number of nitrogens with zero attached hydrogens (tertiary/aromatic N) is 3. The fourth-order valence-electron chi connectivity index (χ4n) is 2.35. The van der Waals surface area contributed by atoms with E-state index in [0.717, 1.165) is 35.6 Å². The van der Waals surface area contributed by atoms with Crippen LogP contribution in [0.3, 0.4) is 0 Å². The summed E-state index contributed by atoms with van der Waals surface area (Å²) in [5.41, 5.74) is 3.06. The number of fused-ring (bicyclic) bond motifs is 1. The van der Waals surface area contributed by atoms with Crippen LogP contribution in [0.1, 0.15) is 20.3 Å². The van der Waals surface area contributed by atoms with Gasteiger partial charge in [-0.1, -0.05) is 19.9 Å². The van der Waals surface area contributed by atoms with Gasteiger partial charge in [0.15, 0.2) is 11.6 Å². The van der Waals surface area contributed by atoms with Gasteiger partial charge in [-0.15, -0.1) is 0 Å². The molecule has 0 atom stereocenters. The predicted octanol–water partition coefficient (Wildman–Crippen LogP) is 4.42. The largest absolute Gasteiger partial charge is 0.263 e. The van der Waals surface area contributed by atoms with Crippen LogP contribution < -0.4 is 0 Å². The Hall–Kier alpha value is -2.30. The summed E-state index contributed by atoms with van der Waals surface area (Å²) in [4.78, 5) is 4.36. The Morgan fingerprint density at radius 1 is 1.05 bits per heavy atom. The lowest BCUT2D eigenvalue weighted by Crippen LogP contribution is -2.03. The SMILES string of the molecule is CC(C)CCn1ncc2ncc(-c3ccc(F)c(F)c3)cc21. The Kier molecular flexibility index (Phi) is 3.88. The first kappa shape index (κ1) is 14.6. The molecule has 0 amide bonds. The lowest BCUT2D eigenvalue weighted by atomic mass is 10.1. The molecule has 0 fully saturated rings. The summed E-state index contributed by atoms with van der Waals surface area (Å²) in [6.45, 7) is 5.14. The molecule has 1 aromatic carbocycles. The van der Waals surface area contributed by atoms with Crippen LogP contribution in [0.2, 0.25) is 0 Å². The Morgan fingerprint density at radius 2 is 1.86 bits per heavy atom. The summed E-state index contributed by atoms with van der Waals surface area (Å²) in [5.74, 6) is -1.12. The van der Waals surface area contributed by atoms with Crippen LogP contribution in [0, 0.1) is 17.6 Å². The third-order valence-electron chi connectivity index (χ3n) is 3.67. The summed E-state index contributed by atoms with van der Waals surface area (Å²) in [6, 6.07) is 5.79. The van der Waals surface area contributed by atoms with Crippen molar-refractivity contribution < 1.29 is 8.78 Å². The number of hydrogen-bond acceptors (Lipinski definition) is 2. The van der Waals surface area contributed by atoms with Gasteiger partial charge in [-0.25, -0.2) is 8.78 Å². The third kappa shape index (κ3) is 2.84. The molecule has 0 saturated carbocycles. The van der Waals surface area contributed by atoms with Crippen LogP contribution in [0.25, 0.3) is 22.2 Å². The van der Waals surface area contributed by atoms with Crippen LogP contribution in [0.5, 0.6) is 0 Å². The highest BCUT2D eigenvalue weighted by atomic mass is 19.2. The van der Waals surface area contributed by atoms with Gasteiger partial charge in [-0.3, -0.25) is 9.67 Å². The van der Waals surface area contributed by atoms with Crippen LogP contribution in [0.15, 0.2) is 36.7 Å². The van der Waals surface area contributed by atoms with Gasteiger partial charge >= 0.3 is 0 Å². The maximum absolute atomic E-state index is 13.4. The highest BCUT2D eigenvalue weighted by molar-refractivity contribution is 5.80. The molecule has 0 N–H and O–H groups in total. The molecule has 22 heavy (non-hydrogen) atoms. The number of hydrogen-bond donors (Lipinski definition) is 0. The standard InChI is InChI=1S/C17H17F2N3/c1-11(2)5-6-22-17-8-13(9-20-16(17)10-21-22)12-3-4-14(18)15(19)7-12/h3-4,7-11H,5-6H2,1-2H3. The van der Waals surface area contributed by atoms with E-state index in [2.05, 4.69) is 23.9 Å². The van der Waals surface area contributed by atoms with Gasteiger partial charge in [0.2, 0.25) is 0 Å². The molecule has 0 aliphatic rings. The number of halogens is 2. The molecule has 3 aromatic rings. The minimum atomic E-state index is -0.856. The zero-order valence-corrected chi connectivity index (χ0v) is 12.6. The molecule has 0 aliphatic heterocycles. The lowest BCUT2D eigenvalue weighted by molar-refractivity contribution is 0.496. The van der Waals surface area contributed by atoms with Crippen molar-refractivity contribution >= 4 is 11.0 Å². The first-order chi connectivity index (χ1) is 10.5. The normalized spacial score (nSPS) is 11.5. The second-order valence-electron chi connectivity index (χ2n) is 5.81. The van der Waals surface area contributed by atoms with E-state index < -0.39 is 11.6 Å². The first-order valence-corrected chi connectivity index (χ1v) is 7.31. The van der Waals surface area contributed by atoms with Crippen molar-refractivity contribution in [1.29, 1.82) is 0 Å². The highest BCUT2D eigenvalue weighted by Gasteiger charge is 2.09. The van der Waals surface area contributed by atoms with Gasteiger partial charge in [0.1, 0.15) is 5.52 Å². The minimum Gasteiger partial charge on any atom is -0.263 e. The molecule has 2 heterocycles. The monoisotopic (exact) mass is 301 g/mol. The molecule has 3 nitrogen and oxygen atoms in total. The van der Waals surface area contributed by atoms with E-state index in [0.29, 0.717) is 11.5 Å². The summed E-state index contributed by atoms with van der Waals surface area (Å²) in [7, 11) is 0. The third-order valence-corrected chi connectivity index (χ3v) is 3.67. The van der Waals surface area contributed by atoms with E-state index in [1.807, 2.05) is 10.7 Å². The Balaban J connectivity index is 2.00. The number of aromatic nitrogens is 3. The average molecular weight is 301 g/mol. The molecular formula is C17H17F2N3. The van der Waals surface area contributed by atoms with E-state index >= 15 is 0 Å². The van der Waals surface area contributed by atoms with Gasteiger partial charge in [0.25, 0.3) is 0 Å². The average Bonchev–Trinajstić information content (AvgIpc) is 2.90. The van der Waals surface area contributed by atoms with Crippen molar-refractivity contribution in [2.24, 2.45) is 5.92 Å². The summed E-state index contributed by atoms with van der Waals surface area (Å²) in [5, 5.41) is 4.35. The van der Waals surface area contributed by atoms with Crippen LogP contribution in [0.4, 0.5) is 8.78 Å². The van der Waals surface area contributed by atoms with Crippen LogP contribution >= 0.6 is 0 Å². The summed E-state index contributed by atoms with van der Waals surface area (Å²) < 4.78 is 28.4. The van der Waals surface area contributed by atoms with Gasteiger partial charge in [0, 0.05) is 18.3 Å². The lowest BCUT2D eigenvalue weighted by Gasteiger charge is -2.07. The fraction of sp³-hybridized carbons (Fsp3) is 0.294. The van der Waals surface area contributed by atoms with E-state index in [9.17, 15) is 8.78 Å². The van der Waals surface area contributed by atoms with E-state index in [-0.39, 0.29) is 0 Å². The van der Waals surface area contributed by atoms with Crippen molar-refractivity contribution in [3.8, 4) is 11.1 Å². The van der Waals surface area contributed by atoms with E-state index in [1.165, 1.54) is 6.07 Å². The molecule has 2 aromatic heterocycles. The molecular weight excluding hydrogens is 284 g/mol. The van der Waals surface area contributed by atoms with Crippen molar-refractivity contribution in [3.63, 3.8) is 0 Å². The zero-order chi connectivity index (χ0) is 15.7. The quantitative estimate of drug-likeness (QED) is 0.714. The molecule has 3 rings (SSSR count). The maximum atomic E-state index is 13.4.